The van der Waals surface area contributed by atoms with Crippen LogP contribution in [0.25, 0.3) is 0 Å². The van der Waals surface area contributed by atoms with Crippen LogP contribution in [0.5, 0.6) is 0 Å². The highest BCUT2D eigenvalue weighted by Crippen LogP contribution is 2.29. The van der Waals surface area contributed by atoms with E-state index in [9.17, 15) is 14.4 Å². The van der Waals surface area contributed by atoms with Crippen molar-refractivity contribution in [2.24, 2.45) is 0 Å². The fourth-order valence-electron chi connectivity index (χ4n) is 3.44. The van der Waals surface area contributed by atoms with Crippen LogP contribution in [-0.2, 0) is 11.2 Å². The van der Waals surface area contributed by atoms with Gasteiger partial charge in [-0.05, 0) is 35.9 Å². The first-order chi connectivity index (χ1) is 14.5. The minimum absolute atomic E-state index is 0.163. The predicted molar refractivity (Wildman–Crippen MR) is 116 cm³/mol. The van der Waals surface area contributed by atoms with E-state index in [0.29, 0.717) is 15.7 Å². The topological polar surface area (TPSA) is 66.5 Å². The van der Waals surface area contributed by atoms with Crippen molar-refractivity contribution in [1.29, 1.82) is 0 Å². The molecule has 150 valence electrons. The van der Waals surface area contributed by atoms with E-state index in [-0.39, 0.29) is 17.5 Å². The maximum Gasteiger partial charge on any atom is 0.262 e. The molecule has 1 aliphatic heterocycles. The summed E-state index contributed by atoms with van der Waals surface area (Å²) in [4.78, 5) is 40.3. The second-order valence-electron chi connectivity index (χ2n) is 6.84. The zero-order valence-electron chi connectivity index (χ0n) is 15.6. The smallest absolute Gasteiger partial charge is 0.262 e. The third-order valence-corrected chi connectivity index (χ3v) is 5.46. The van der Waals surface area contributed by atoms with Gasteiger partial charge in [-0.3, -0.25) is 19.3 Å². The number of hydrogen-bond donors (Lipinski definition) is 1. The van der Waals surface area contributed by atoms with Crippen LogP contribution in [0.2, 0.25) is 10.0 Å². The Morgan fingerprint density at radius 2 is 1.47 bits per heavy atom. The Morgan fingerprint density at radius 1 is 0.867 bits per heavy atom. The van der Waals surface area contributed by atoms with E-state index in [2.05, 4.69) is 5.32 Å². The van der Waals surface area contributed by atoms with Crippen molar-refractivity contribution in [3.05, 3.63) is 99.5 Å². The number of carbonyl (C=O) groups is 3. The van der Waals surface area contributed by atoms with Gasteiger partial charge in [0.15, 0.2) is 0 Å². The van der Waals surface area contributed by atoms with E-state index in [4.69, 9.17) is 23.2 Å². The van der Waals surface area contributed by atoms with Crippen LogP contribution in [0.4, 0.5) is 5.69 Å². The number of fused-ring (bicyclic) bond motifs is 1. The second kappa shape index (κ2) is 8.30. The summed E-state index contributed by atoms with van der Waals surface area (Å²) >= 11 is 12.2. The second-order valence-corrected chi connectivity index (χ2v) is 7.69. The summed E-state index contributed by atoms with van der Waals surface area (Å²) in [6.45, 7) is 0. The third kappa shape index (κ3) is 3.82. The fourth-order valence-corrected chi connectivity index (χ4v) is 3.78. The minimum Gasteiger partial charge on any atom is -0.323 e. The first-order valence-electron chi connectivity index (χ1n) is 9.22. The molecule has 7 heteroatoms. The number of carbonyl (C=O) groups excluding carboxylic acids is 3. The van der Waals surface area contributed by atoms with E-state index in [1.165, 1.54) is 6.07 Å². The number of anilines is 1. The molecule has 0 aliphatic carbocycles. The molecular formula is C23H16Cl2N2O3. The summed E-state index contributed by atoms with van der Waals surface area (Å²) in [7, 11) is 0. The molecule has 1 aliphatic rings. The molecule has 0 radical (unpaired) electrons. The van der Waals surface area contributed by atoms with Gasteiger partial charge in [0.25, 0.3) is 11.8 Å². The summed E-state index contributed by atoms with van der Waals surface area (Å²) in [6.07, 6.45) is 0.163. The molecule has 5 nitrogen and oxygen atoms in total. The Labute approximate surface area is 183 Å². The molecule has 0 saturated carbocycles. The van der Waals surface area contributed by atoms with Crippen molar-refractivity contribution in [2.75, 3.05) is 5.32 Å². The van der Waals surface area contributed by atoms with Crippen LogP contribution in [0.15, 0.2) is 72.8 Å². The lowest BCUT2D eigenvalue weighted by molar-refractivity contribution is -0.119. The van der Waals surface area contributed by atoms with Crippen molar-refractivity contribution in [1.82, 2.24) is 4.90 Å². The van der Waals surface area contributed by atoms with Crippen LogP contribution < -0.4 is 5.32 Å². The molecule has 4 rings (SSSR count). The normalized spacial score (nSPS) is 13.9. The van der Waals surface area contributed by atoms with Gasteiger partial charge in [-0.25, -0.2) is 0 Å². The van der Waals surface area contributed by atoms with Crippen LogP contribution in [0.1, 0.15) is 26.3 Å². The van der Waals surface area contributed by atoms with Gasteiger partial charge in [-0.15, -0.1) is 0 Å². The first kappa shape index (κ1) is 20.1. The van der Waals surface area contributed by atoms with E-state index in [1.54, 1.807) is 36.4 Å². The summed E-state index contributed by atoms with van der Waals surface area (Å²) < 4.78 is 0. The van der Waals surface area contributed by atoms with Crippen molar-refractivity contribution in [3.63, 3.8) is 0 Å². The van der Waals surface area contributed by atoms with Crippen molar-refractivity contribution in [3.8, 4) is 0 Å². The maximum atomic E-state index is 13.3. The Balaban J connectivity index is 1.70. The quantitative estimate of drug-likeness (QED) is 0.579. The number of amides is 3. The number of rotatable bonds is 5. The van der Waals surface area contributed by atoms with Crippen LogP contribution in [-0.4, -0.2) is 28.7 Å². The molecule has 0 saturated heterocycles. The fraction of sp³-hybridized carbons (Fsp3) is 0.0870. The Morgan fingerprint density at radius 3 is 2.10 bits per heavy atom. The average Bonchev–Trinajstić information content (AvgIpc) is 3.00. The number of nitrogens with one attached hydrogen (secondary N) is 1. The minimum atomic E-state index is -1.06. The zero-order valence-corrected chi connectivity index (χ0v) is 17.2. The lowest BCUT2D eigenvalue weighted by Gasteiger charge is -2.26. The van der Waals surface area contributed by atoms with E-state index < -0.39 is 23.8 Å². The van der Waals surface area contributed by atoms with Crippen molar-refractivity contribution < 1.29 is 14.4 Å². The molecule has 0 aromatic heterocycles. The predicted octanol–water partition coefficient (Wildman–Crippen LogP) is 4.84. The molecule has 30 heavy (non-hydrogen) atoms. The lowest BCUT2D eigenvalue weighted by Crippen LogP contribution is -2.48. The van der Waals surface area contributed by atoms with Gasteiger partial charge in [0.1, 0.15) is 6.04 Å². The molecule has 1 N–H and O–H groups in total. The number of nitrogens with zero attached hydrogens (tertiary/aromatic N) is 1. The van der Waals surface area contributed by atoms with E-state index >= 15 is 0 Å². The average molecular weight is 439 g/mol. The Hall–Kier alpha value is -3.15. The Kier molecular flexibility index (Phi) is 5.57. The molecule has 1 heterocycles. The van der Waals surface area contributed by atoms with Gasteiger partial charge in [-0.2, -0.15) is 0 Å². The molecule has 1 atom stereocenters. The largest absolute Gasteiger partial charge is 0.323 e. The molecule has 0 spiro atoms. The van der Waals surface area contributed by atoms with Crippen LogP contribution in [0, 0.1) is 0 Å². The van der Waals surface area contributed by atoms with Gasteiger partial charge in [0.05, 0.1) is 21.8 Å². The van der Waals surface area contributed by atoms with E-state index in [0.717, 1.165) is 10.5 Å². The van der Waals surface area contributed by atoms with Gasteiger partial charge >= 0.3 is 0 Å². The highest BCUT2D eigenvalue weighted by atomic mass is 35.5. The summed E-state index contributed by atoms with van der Waals surface area (Å²) in [6, 6.07) is 19.4. The monoisotopic (exact) mass is 438 g/mol. The number of imide groups is 1. The molecule has 3 amide bonds. The number of halogens is 2. The molecule has 3 aromatic rings. The zero-order chi connectivity index (χ0) is 21.3. The van der Waals surface area contributed by atoms with Gasteiger partial charge < -0.3 is 5.32 Å². The Bertz CT molecular complexity index is 1110. The summed E-state index contributed by atoms with van der Waals surface area (Å²) in [5.41, 5.74) is 1.69. The van der Waals surface area contributed by atoms with Crippen LogP contribution >= 0.6 is 23.2 Å². The first-order valence-corrected chi connectivity index (χ1v) is 9.98. The highest BCUT2D eigenvalue weighted by molar-refractivity contribution is 6.35. The van der Waals surface area contributed by atoms with E-state index in [1.807, 2.05) is 30.3 Å². The number of benzene rings is 3. The molecule has 0 fully saturated rings. The summed E-state index contributed by atoms with van der Waals surface area (Å²) in [5.74, 6) is -1.52. The van der Waals surface area contributed by atoms with Gasteiger partial charge in [0, 0.05) is 11.4 Å². The standard InChI is InChI=1S/C23H16Cl2N2O3/c24-15-10-11-18(25)19(13-15)26-21(28)20(12-14-6-2-1-3-7-14)27-22(29)16-8-4-5-9-17(16)23(27)30/h1-11,13,20H,12H2,(H,26,28)/t20-/m0/s1. The van der Waals surface area contributed by atoms with Crippen molar-refractivity contribution >= 4 is 46.6 Å². The van der Waals surface area contributed by atoms with Crippen LogP contribution in [0.3, 0.4) is 0 Å². The third-order valence-electron chi connectivity index (χ3n) is 4.90. The highest BCUT2D eigenvalue weighted by Gasteiger charge is 2.42. The molecule has 0 bridgehead atoms. The molecule has 3 aromatic carbocycles. The van der Waals surface area contributed by atoms with Crippen molar-refractivity contribution in [2.45, 2.75) is 12.5 Å². The van der Waals surface area contributed by atoms with Gasteiger partial charge in [-0.1, -0.05) is 65.7 Å². The number of hydrogen-bond acceptors (Lipinski definition) is 3. The molecule has 0 unspecified atom stereocenters. The SMILES string of the molecule is O=C(Nc1cc(Cl)ccc1Cl)[C@H](Cc1ccccc1)N1C(=O)c2ccccc2C1=O. The summed E-state index contributed by atoms with van der Waals surface area (Å²) in [5, 5.41) is 3.41. The lowest BCUT2D eigenvalue weighted by atomic mass is 10.0. The van der Waals surface area contributed by atoms with Gasteiger partial charge in [0.2, 0.25) is 5.91 Å². The molecular weight excluding hydrogens is 423 g/mol. The maximum absolute atomic E-state index is 13.3.